The molecule has 0 aliphatic carbocycles. The van der Waals surface area contributed by atoms with Crippen LogP contribution in [-0.4, -0.2) is 49.8 Å². The number of allylic oxidation sites excluding steroid dienone is 1. The highest BCUT2D eigenvalue weighted by Crippen LogP contribution is 2.36. The summed E-state index contributed by atoms with van der Waals surface area (Å²) in [5.74, 6) is 0.359. The van der Waals surface area contributed by atoms with Gasteiger partial charge in [-0.2, -0.15) is 0 Å². The number of ether oxygens (including phenoxy) is 3. The second-order valence-electron chi connectivity index (χ2n) is 4.37. The Labute approximate surface area is 96.2 Å². The van der Waals surface area contributed by atoms with Gasteiger partial charge in [-0.15, -0.1) is 0 Å². The summed E-state index contributed by atoms with van der Waals surface area (Å²) < 4.78 is 17.0. The van der Waals surface area contributed by atoms with Crippen molar-refractivity contribution in [2.24, 2.45) is 5.92 Å². The molecule has 16 heavy (non-hydrogen) atoms. The lowest BCUT2D eigenvalue weighted by Gasteiger charge is -2.17. The van der Waals surface area contributed by atoms with Gasteiger partial charge in [0.1, 0.15) is 12.2 Å². The average molecular weight is 228 g/mol. The third kappa shape index (κ3) is 2.15. The van der Waals surface area contributed by atoms with E-state index in [1.54, 1.807) is 0 Å². The summed E-state index contributed by atoms with van der Waals surface area (Å²) >= 11 is 0. The molecule has 2 rings (SSSR count). The molecule has 0 spiro atoms. The van der Waals surface area contributed by atoms with Crippen molar-refractivity contribution in [3.8, 4) is 0 Å². The fourth-order valence-electron chi connectivity index (χ4n) is 2.42. The van der Waals surface area contributed by atoms with Crippen LogP contribution in [0.3, 0.4) is 0 Å². The molecule has 0 aromatic carbocycles. The Morgan fingerprint density at radius 2 is 2.12 bits per heavy atom. The Balaban J connectivity index is 1.95. The third-order valence-corrected chi connectivity index (χ3v) is 3.47. The number of hydrogen-bond acceptors (Lipinski definition) is 4. The van der Waals surface area contributed by atoms with Crippen LogP contribution in [-0.2, 0) is 14.2 Å². The average Bonchev–Trinajstić information content (AvgIpc) is 2.86. The largest absolute Gasteiger partial charge is 0.394 e. The summed E-state index contributed by atoms with van der Waals surface area (Å²) in [5.41, 5.74) is 1.32. The van der Waals surface area contributed by atoms with E-state index in [9.17, 15) is 0 Å². The highest BCUT2D eigenvalue weighted by Gasteiger charge is 2.48. The van der Waals surface area contributed by atoms with E-state index in [4.69, 9.17) is 19.3 Å². The van der Waals surface area contributed by atoms with E-state index < -0.39 is 0 Å². The van der Waals surface area contributed by atoms with Crippen LogP contribution in [0.2, 0.25) is 0 Å². The zero-order valence-electron chi connectivity index (χ0n) is 9.89. The van der Waals surface area contributed by atoms with Gasteiger partial charge in [-0.05, 0) is 13.8 Å². The number of aliphatic hydroxyl groups excluding tert-OH is 1. The Kier molecular flexibility index (Phi) is 3.97. The lowest BCUT2D eigenvalue weighted by molar-refractivity contribution is -0.0414. The number of hydrogen-bond donors (Lipinski definition) is 1. The molecule has 2 aliphatic rings. The van der Waals surface area contributed by atoms with Gasteiger partial charge in [0.15, 0.2) is 0 Å². The minimum absolute atomic E-state index is 0.0215. The maximum Gasteiger partial charge on any atom is 0.113 e. The first kappa shape index (κ1) is 12.0. The molecule has 2 aliphatic heterocycles. The van der Waals surface area contributed by atoms with Gasteiger partial charge in [-0.1, -0.05) is 11.6 Å². The summed E-state index contributed by atoms with van der Waals surface area (Å²) in [6, 6.07) is 0. The molecule has 0 unspecified atom stereocenters. The Hall–Kier alpha value is -0.420. The number of rotatable bonds is 4. The van der Waals surface area contributed by atoms with E-state index >= 15 is 0 Å². The third-order valence-electron chi connectivity index (χ3n) is 3.47. The van der Waals surface area contributed by atoms with Gasteiger partial charge in [0.05, 0.1) is 32.5 Å². The molecule has 92 valence electrons. The molecule has 0 radical (unpaired) electrons. The van der Waals surface area contributed by atoms with Crippen molar-refractivity contribution < 1.29 is 19.3 Å². The van der Waals surface area contributed by atoms with Crippen LogP contribution in [0.5, 0.6) is 0 Å². The van der Waals surface area contributed by atoms with Gasteiger partial charge in [0.25, 0.3) is 0 Å². The van der Waals surface area contributed by atoms with Gasteiger partial charge in [0.2, 0.25) is 0 Å². The van der Waals surface area contributed by atoms with Crippen LogP contribution in [0.1, 0.15) is 13.8 Å². The molecule has 4 heteroatoms. The maximum atomic E-state index is 8.73. The fourth-order valence-corrected chi connectivity index (χ4v) is 2.42. The number of fused-ring (bicyclic) bond motifs is 1. The molecule has 2 heterocycles. The van der Waals surface area contributed by atoms with Gasteiger partial charge < -0.3 is 19.3 Å². The first-order chi connectivity index (χ1) is 7.77. The number of aliphatic hydroxyl groups is 1. The molecular weight excluding hydrogens is 208 g/mol. The predicted octanol–water partition coefficient (Wildman–Crippen LogP) is 0.744. The molecule has 2 fully saturated rings. The van der Waals surface area contributed by atoms with Crippen molar-refractivity contribution in [1.82, 2.24) is 0 Å². The topological polar surface area (TPSA) is 47.9 Å². The monoisotopic (exact) mass is 228 g/mol. The molecule has 0 saturated carbocycles. The highest BCUT2D eigenvalue weighted by atomic mass is 16.6. The zero-order chi connectivity index (χ0) is 11.5. The summed E-state index contributed by atoms with van der Waals surface area (Å²) in [7, 11) is 0. The van der Waals surface area contributed by atoms with Crippen molar-refractivity contribution in [3.63, 3.8) is 0 Å². The van der Waals surface area contributed by atoms with Crippen molar-refractivity contribution >= 4 is 0 Å². The van der Waals surface area contributed by atoms with E-state index in [0.29, 0.717) is 25.7 Å². The van der Waals surface area contributed by atoms with E-state index in [1.165, 1.54) is 5.57 Å². The lowest BCUT2D eigenvalue weighted by Crippen LogP contribution is -2.32. The molecule has 0 aromatic heterocycles. The summed E-state index contributed by atoms with van der Waals surface area (Å²) in [5, 5.41) is 8.73. The predicted molar refractivity (Wildman–Crippen MR) is 59.2 cm³/mol. The smallest absolute Gasteiger partial charge is 0.113 e. The van der Waals surface area contributed by atoms with Crippen LogP contribution < -0.4 is 0 Å². The van der Waals surface area contributed by atoms with Gasteiger partial charge in [-0.25, -0.2) is 0 Å². The van der Waals surface area contributed by atoms with E-state index in [-0.39, 0.29) is 24.9 Å². The normalized spacial score (nSPS) is 39.1. The zero-order valence-corrected chi connectivity index (χ0v) is 9.89. The minimum Gasteiger partial charge on any atom is -0.394 e. The SMILES string of the molecule is C/C=C(/C)[C@@H]1CO[C@H]2[C@H]1OC[C@@H]2OCCO. The molecule has 0 amide bonds. The second-order valence-corrected chi connectivity index (χ2v) is 4.37. The van der Waals surface area contributed by atoms with Crippen LogP contribution >= 0.6 is 0 Å². The second kappa shape index (κ2) is 5.27. The van der Waals surface area contributed by atoms with Gasteiger partial charge in [-0.3, -0.25) is 0 Å². The Morgan fingerprint density at radius 3 is 2.81 bits per heavy atom. The van der Waals surface area contributed by atoms with Crippen molar-refractivity contribution in [2.45, 2.75) is 32.2 Å². The maximum absolute atomic E-state index is 8.73. The van der Waals surface area contributed by atoms with Crippen molar-refractivity contribution in [2.75, 3.05) is 26.4 Å². The lowest BCUT2D eigenvalue weighted by atomic mass is 9.94. The van der Waals surface area contributed by atoms with Crippen LogP contribution in [0, 0.1) is 5.92 Å². The van der Waals surface area contributed by atoms with Crippen LogP contribution in [0.25, 0.3) is 0 Å². The van der Waals surface area contributed by atoms with Crippen LogP contribution in [0.15, 0.2) is 11.6 Å². The van der Waals surface area contributed by atoms with Gasteiger partial charge in [0, 0.05) is 5.92 Å². The summed E-state index contributed by atoms with van der Waals surface area (Å²) in [4.78, 5) is 0. The van der Waals surface area contributed by atoms with Gasteiger partial charge >= 0.3 is 0 Å². The van der Waals surface area contributed by atoms with E-state index in [2.05, 4.69) is 13.0 Å². The highest BCUT2D eigenvalue weighted by molar-refractivity contribution is 5.11. The Morgan fingerprint density at radius 1 is 1.38 bits per heavy atom. The summed E-state index contributed by atoms with van der Waals surface area (Å²) in [6.45, 7) is 5.84. The molecule has 2 saturated heterocycles. The fraction of sp³-hybridized carbons (Fsp3) is 0.833. The Bertz CT molecular complexity index is 264. The molecule has 0 bridgehead atoms. The van der Waals surface area contributed by atoms with E-state index in [1.807, 2.05) is 6.92 Å². The van der Waals surface area contributed by atoms with Crippen LogP contribution in [0.4, 0.5) is 0 Å². The van der Waals surface area contributed by atoms with Crippen molar-refractivity contribution in [1.29, 1.82) is 0 Å². The molecule has 1 N–H and O–H groups in total. The summed E-state index contributed by atoms with van der Waals surface area (Å²) in [6.07, 6.45) is 2.25. The minimum atomic E-state index is -0.0215. The molecule has 4 atom stereocenters. The molecule has 0 aromatic rings. The standard InChI is InChI=1S/C12H20O4/c1-3-8(2)9-6-15-12-10(14-5-4-13)7-16-11(9)12/h3,9-13H,4-7H2,1-2H3/b8-3-/t9-,10-,11-,12+/m0/s1. The first-order valence-corrected chi connectivity index (χ1v) is 5.86. The molecule has 4 nitrogen and oxygen atoms in total. The first-order valence-electron chi connectivity index (χ1n) is 5.86. The van der Waals surface area contributed by atoms with Crippen molar-refractivity contribution in [3.05, 3.63) is 11.6 Å². The van der Waals surface area contributed by atoms with E-state index in [0.717, 1.165) is 0 Å². The molecular formula is C12H20O4. The quantitative estimate of drug-likeness (QED) is 0.721.